The van der Waals surface area contributed by atoms with Crippen LogP contribution in [0.15, 0.2) is 11.8 Å². The van der Waals surface area contributed by atoms with Crippen molar-refractivity contribution in [2.24, 2.45) is 29.0 Å². The van der Waals surface area contributed by atoms with E-state index >= 15 is 0 Å². The molecule has 2 aliphatic heterocycles. The summed E-state index contributed by atoms with van der Waals surface area (Å²) in [6, 6.07) is -2.73. The molecule has 1 saturated heterocycles. The summed E-state index contributed by atoms with van der Waals surface area (Å²) in [5.74, 6) is 0.0272. The van der Waals surface area contributed by atoms with Gasteiger partial charge in [-0.15, -0.1) is 0 Å². The fraction of sp³-hybridized carbons (Fsp3) is 0.885. The predicted octanol–water partition coefficient (Wildman–Crippen LogP) is -4.06. The number of likely N-dealkylation sites (N-methyl/N-ethyl adjacent to an activating group) is 1. The Morgan fingerprint density at radius 3 is 2.62 bits per heavy atom. The van der Waals surface area contributed by atoms with E-state index in [2.05, 4.69) is 16.0 Å². The van der Waals surface area contributed by atoms with Gasteiger partial charge in [0, 0.05) is 24.5 Å². The number of hydrogen-bond acceptors (Lipinski definition) is 13. The molecule has 0 aromatic rings. The highest BCUT2D eigenvalue weighted by Gasteiger charge is 2.53. The largest absolute Gasteiger partial charge is 0.492 e. The van der Waals surface area contributed by atoms with E-state index < -0.39 is 78.4 Å². The first-order valence-electron chi connectivity index (χ1n) is 14.3. The summed E-state index contributed by atoms with van der Waals surface area (Å²) in [7, 11) is 1.60. The second-order valence-electron chi connectivity index (χ2n) is 12.0. The number of rotatable bonds is 11. The second kappa shape index (κ2) is 13.3. The molecule has 1 unspecified atom stereocenters. The van der Waals surface area contributed by atoms with Crippen molar-refractivity contribution in [3.8, 4) is 0 Å². The summed E-state index contributed by atoms with van der Waals surface area (Å²) < 4.78 is 18.1. The molecular weight excluding hydrogens is 524 g/mol. The van der Waals surface area contributed by atoms with Crippen LogP contribution in [-0.2, 0) is 19.0 Å². The van der Waals surface area contributed by atoms with Gasteiger partial charge in [0.1, 0.15) is 35.8 Å². The number of carbonyl (C=O) groups excluding carboxylic acids is 1. The SMILES string of the molecule is CN[C@@H]1[C@@H](O)[C@@H](O[C@@H]2[C@@H](O)[C@H](C3OC(CNCC4CC4)=CC[C@H]3N)[C@@H](N)C[C@H]2NC(=O)[C@H](O)CN)OC[C@]1(C)O. The molecular formula is C26H48N6O8. The maximum atomic E-state index is 12.6. The van der Waals surface area contributed by atoms with Crippen molar-refractivity contribution in [2.45, 2.75) is 99.2 Å². The van der Waals surface area contributed by atoms with Crippen LogP contribution in [0.1, 0.15) is 32.6 Å². The first-order chi connectivity index (χ1) is 19.0. The summed E-state index contributed by atoms with van der Waals surface area (Å²) in [4.78, 5) is 12.6. The molecule has 3 fully saturated rings. The van der Waals surface area contributed by atoms with Gasteiger partial charge in [-0.25, -0.2) is 0 Å². The minimum absolute atomic E-state index is 0.145. The van der Waals surface area contributed by atoms with E-state index in [4.69, 9.17) is 31.4 Å². The lowest BCUT2D eigenvalue weighted by molar-refractivity contribution is -0.297. The zero-order chi connectivity index (χ0) is 29.2. The number of nitrogens with one attached hydrogen (secondary N) is 3. The molecule has 0 spiro atoms. The Bertz CT molecular complexity index is 891. The first-order valence-corrected chi connectivity index (χ1v) is 14.3. The summed E-state index contributed by atoms with van der Waals surface area (Å²) in [5, 5.41) is 52.3. The molecule has 0 bridgehead atoms. The first kappa shape index (κ1) is 31.5. The summed E-state index contributed by atoms with van der Waals surface area (Å²) >= 11 is 0. The molecule has 0 aromatic heterocycles. The lowest BCUT2D eigenvalue weighted by Crippen LogP contribution is -2.69. The van der Waals surface area contributed by atoms with Crippen LogP contribution in [0, 0.1) is 11.8 Å². The van der Waals surface area contributed by atoms with Crippen LogP contribution >= 0.6 is 0 Å². The van der Waals surface area contributed by atoms with Gasteiger partial charge in [0.05, 0.1) is 31.3 Å². The number of hydrogen-bond donors (Lipinski definition) is 10. The molecule has 2 heterocycles. The van der Waals surface area contributed by atoms with Crippen LogP contribution in [0.4, 0.5) is 0 Å². The van der Waals surface area contributed by atoms with Gasteiger partial charge in [-0.05, 0) is 58.2 Å². The third-order valence-electron chi connectivity index (χ3n) is 8.57. The van der Waals surface area contributed by atoms with Crippen LogP contribution in [0.5, 0.6) is 0 Å². The molecule has 0 aromatic carbocycles. The Morgan fingerprint density at radius 2 is 1.98 bits per heavy atom. The highest BCUT2D eigenvalue weighted by Crippen LogP contribution is 2.36. The number of ether oxygens (including phenoxy) is 3. The standard InChI is InChI=1S/C26H48N6O8/c1-26(37)11-38-25(20(35)23(26)30-2)40-22-16(32-24(36)17(33)8-27)7-15(29)18(19(22)34)21-14(28)6-5-13(39-21)10-31-9-12-3-4-12/h5,12,14-23,25,30-31,33-35,37H,3-4,6-11,27-29H2,1-2H3,(H,32,36)/t14-,15+,16-,17-,18-,19+,20-,21?,22+,23-,25-,26+/m1/s1. The number of nitrogens with two attached hydrogens (primary N) is 3. The van der Waals surface area contributed by atoms with E-state index in [1.54, 1.807) is 7.05 Å². The van der Waals surface area contributed by atoms with Gasteiger partial charge >= 0.3 is 0 Å². The molecule has 230 valence electrons. The summed E-state index contributed by atoms with van der Waals surface area (Å²) in [5.41, 5.74) is 17.1. The van der Waals surface area contributed by atoms with Gasteiger partial charge < -0.3 is 67.8 Å². The van der Waals surface area contributed by atoms with Crippen molar-refractivity contribution in [1.29, 1.82) is 0 Å². The fourth-order valence-corrected chi connectivity index (χ4v) is 6.07. The van der Waals surface area contributed by atoms with Gasteiger partial charge in [-0.3, -0.25) is 4.79 Å². The van der Waals surface area contributed by atoms with Crippen molar-refractivity contribution >= 4 is 5.91 Å². The number of aliphatic hydroxyl groups is 4. The van der Waals surface area contributed by atoms with Crippen molar-refractivity contribution in [1.82, 2.24) is 16.0 Å². The number of amides is 1. The van der Waals surface area contributed by atoms with E-state index in [1.165, 1.54) is 19.8 Å². The molecule has 14 heteroatoms. The average Bonchev–Trinajstić information content (AvgIpc) is 3.73. The van der Waals surface area contributed by atoms with Gasteiger partial charge in [0.15, 0.2) is 6.29 Å². The third-order valence-corrected chi connectivity index (χ3v) is 8.57. The minimum Gasteiger partial charge on any atom is -0.492 e. The van der Waals surface area contributed by atoms with Crippen molar-refractivity contribution in [3.05, 3.63) is 11.8 Å². The zero-order valence-electron chi connectivity index (χ0n) is 23.3. The van der Waals surface area contributed by atoms with Gasteiger partial charge in [-0.2, -0.15) is 0 Å². The molecule has 4 rings (SSSR count). The lowest BCUT2D eigenvalue weighted by Gasteiger charge is -2.50. The lowest BCUT2D eigenvalue weighted by atomic mass is 9.72. The maximum Gasteiger partial charge on any atom is 0.250 e. The minimum atomic E-state index is -1.46. The van der Waals surface area contributed by atoms with E-state index in [0.717, 1.165) is 12.3 Å². The highest BCUT2D eigenvalue weighted by molar-refractivity contribution is 5.81. The molecule has 14 nitrogen and oxygen atoms in total. The van der Waals surface area contributed by atoms with E-state index in [9.17, 15) is 25.2 Å². The predicted molar refractivity (Wildman–Crippen MR) is 144 cm³/mol. The van der Waals surface area contributed by atoms with Crippen LogP contribution in [-0.4, -0.2) is 126 Å². The van der Waals surface area contributed by atoms with E-state index in [1.807, 2.05) is 6.08 Å². The van der Waals surface area contributed by atoms with E-state index in [-0.39, 0.29) is 19.6 Å². The molecule has 13 N–H and O–H groups in total. The zero-order valence-corrected chi connectivity index (χ0v) is 23.3. The summed E-state index contributed by atoms with van der Waals surface area (Å²) in [6.07, 6.45) is -1.92. The van der Waals surface area contributed by atoms with Crippen LogP contribution in [0.2, 0.25) is 0 Å². The van der Waals surface area contributed by atoms with Crippen molar-refractivity contribution < 1.29 is 39.4 Å². The van der Waals surface area contributed by atoms with Crippen molar-refractivity contribution in [3.63, 3.8) is 0 Å². The van der Waals surface area contributed by atoms with Gasteiger partial charge in [0.25, 0.3) is 0 Å². The Morgan fingerprint density at radius 1 is 1.25 bits per heavy atom. The van der Waals surface area contributed by atoms with E-state index in [0.29, 0.717) is 18.9 Å². The molecule has 12 atom stereocenters. The molecule has 40 heavy (non-hydrogen) atoms. The summed E-state index contributed by atoms with van der Waals surface area (Å²) in [6.45, 7) is 2.55. The Kier molecular flexibility index (Phi) is 10.4. The molecule has 4 aliphatic rings. The Balaban J connectivity index is 1.52. The topological polar surface area (TPSA) is 240 Å². The Labute approximate surface area is 234 Å². The van der Waals surface area contributed by atoms with Crippen LogP contribution < -0.4 is 33.2 Å². The Hall–Kier alpha value is -1.43. The van der Waals surface area contributed by atoms with Crippen LogP contribution in [0.3, 0.4) is 0 Å². The third kappa shape index (κ3) is 7.13. The molecule has 2 saturated carbocycles. The maximum absolute atomic E-state index is 12.6. The molecule has 1 amide bonds. The van der Waals surface area contributed by atoms with Crippen LogP contribution in [0.25, 0.3) is 0 Å². The number of carbonyl (C=O) groups is 1. The molecule has 2 aliphatic carbocycles. The molecule has 0 radical (unpaired) electrons. The fourth-order valence-electron chi connectivity index (χ4n) is 6.07. The normalized spacial score (nSPS) is 43.0. The average molecular weight is 573 g/mol. The smallest absolute Gasteiger partial charge is 0.250 e. The highest BCUT2D eigenvalue weighted by atomic mass is 16.7. The monoisotopic (exact) mass is 572 g/mol. The van der Waals surface area contributed by atoms with Gasteiger partial charge in [-0.1, -0.05) is 0 Å². The quantitative estimate of drug-likeness (QED) is 0.113. The second-order valence-corrected chi connectivity index (χ2v) is 12.0. The number of aliphatic hydroxyl groups excluding tert-OH is 3. The van der Waals surface area contributed by atoms with Gasteiger partial charge in [0.2, 0.25) is 5.91 Å². The van der Waals surface area contributed by atoms with Crippen molar-refractivity contribution in [2.75, 3.05) is 33.3 Å².